The van der Waals surface area contributed by atoms with Gasteiger partial charge in [-0.3, -0.25) is 47.5 Å². The van der Waals surface area contributed by atoms with Crippen molar-refractivity contribution in [2.45, 2.75) is 509 Å². The lowest BCUT2D eigenvalue weighted by molar-refractivity contribution is -0.141. The number of hydrogen-bond acceptors (Lipinski definition) is 10. The van der Waals surface area contributed by atoms with E-state index in [2.05, 4.69) is 34.6 Å². The van der Waals surface area contributed by atoms with Gasteiger partial charge in [-0.15, -0.1) is 0 Å². The predicted octanol–water partition coefficient (Wildman–Crippen LogP) is 41.4. The van der Waals surface area contributed by atoms with Gasteiger partial charge in [0, 0.05) is 24.5 Å². The van der Waals surface area contributed by atoms with E-state index in [0.29, 0.717) is 28.7 Å². The van der Waals surface area contributed by atoms with Crippen molar-refractivity contribution in [3.63, 3.8) is 0 Å². The average Bonchev–Trinajstić information content (AvgIpc) is 0.852. The molecule has 5 radical (unpaired) electrons. The Kier molecular flexibility index (Phi) is 68.0. The van der Waals surface area contributed by atoms with Crippen LogP contribution in [0.4, 0.5) is 23.5 Å². The molecule has 0 N–H and O–H groups in total. The predicted molar refractivity (Wildman–Crippen MR) is 624 cm³/mol. The van der Waals surface area contributed by atoms with Gasteiger partial charge in [-0.1, -0.05) is 355 Å². The molecule has 15 rings (SSSR count). The molecule has 0 spiro atoms. The van der Waals surface area contributed by atoms with Crippen LogP contribution in [0.5, 0.6) is 28.7 Å². The van der Waals surface area contributed by atoms with Crippen LogP contribution in [-0.4, -0.2) is 29.8 Å². The first-order chi connectivity index (χ1) is 70.8. The minimum atomic E-state index is -0.0488. The number of carbonyl (C=O) groups excluding carboxylic acids is 5. The third-order valence-corrected chi connectivity index (χ3v) is 38.5. The number of unbranched alkanes of at least 4 members (excludes halogenated alkanes) is 20. The van der Waals surface area contributed by atoms with Gasteiger partial charge >= 0.3 is 29.8 Å². The van der Waals surface area contributed by atoms with Crippen LogP contribution in [0.2, 0.25) is 0 Å². The number of ether oxygens (including phenoxy) is 5. The lowest BCUT2D eigenvalue weighted by atomic mass is 9.68. The molecule has 0 aliphatic heterocycles. The summed E-state index contributed by atoms with van der Waals surface area (Å²) >= 11 is 25.4. The van der Waals surface area contributed by atoms with Gasteiger partial charge < -0.3 is 23.7 Å². The van der Waals surface area contributed by atoms with Crippen LogP contribution in [0.3, 0.4) is 0 Å². The fourth-order valence-corrected chi connectivity index (χ4v) is 28.3. The highest BCUT2D eigenvalue weighted by Crippen LogP contribution is 2.50. The number of halogens is 5. The second-order valence-corrected chi connectivity index (χ2v) is 49.8. The second-order valence-electron chi connectivity index (χ2n) is 47.4. The Morgan fingerprint density at radius 2 is 0.287 bits per heavy atom. The summed E-state index contributed by atoms with van der Waals surface area (Å²) in [5.74, 6) is 16.9. The third-order valence-electron chi connectivity index (χ3n) is 37.1. The average molecular weight is 2180 g/mol. The van der Waals surface area contributed by atoms with E-state index >= 15 is 0 Å². The van der Waals surface area contributed by atoms with Crippen molar-refractivity contribution in [1.29, 1.82) is 0 Å². The molecule has 20 heteroatoms. The monoisotopic (exact) mass is 2180 g/mol. The van der Waals surface area contributed by atoms with Gasteiger partial charge in [-0.2, -0.15) is 0 Å². The van der Waals surface area contributed by atoms with E-state index in [1.807, 2.05) is 60.7 Å². The molecule has 845 valence electrons. The SMILES string of the molecule is CCCCCCC[C@H]1CC[C@H](C2CCC(C(=O)Oc3ccc([S])cc3)CC2)CC1.CCCCCCC[C@H]1CC[C@H](C2CCC(C(=O)Oc3ccc([S])cc3)CC2)CC1.CCCCCCC[C@H]1CC[C@H](C2CCC(C(=O)Oc3ccc([S])cc3)CC2)CC1.CCCCCCC[C@H]1CC[C@H](C2CCC(C(=O)Oc3ccc([S])cc3)CC2)CC1.CCCCCCC[C@H]1CC[C@H](C2CCC(C(=O)Oc3ccc([S])cc3)CC2)CC1.F.F.F.F.F. The first kappa shape index (κ1) is 133. The quantitative estimate of drug-likeness (QED) is 0.0161. The Morgan fingerprint density at radius 3 is 0.407 bits per heavy atom. The van der Waals surface area contributed by atoms with Crippen LogP contribution in [0, 0.1) is 118 Å². The third kappa shape index (κ3) is 49.6. The van der Waals surface area contributed by atoms with E-state index in [1.54, 1.807) is 60.7 Å². The van der Waals surface area contributed by atoms with Crippen LogP contribution in [0.15, 0.2) is 146 Å². The molecule has 10 aliphatic carbocycles. The molecule has 150 heavy (non-hydrogen) atoms. The molecule has 0 unspecified atom stereocenters. The van der Waals surface area contributed by atoms with E-state index in [4.69, 9.17) is 86.8 Å². The first-order valence-electron chi connectivity index (χ1n) is 60.7. The molecular formula is C130H200F5O10S5. The molecule has 5 aromatic carbocycles. The molecule has 0 atom stereocenters. The molecule has 5 aromatic rings. The maximum Gasteiger partial charge on any atom is 0.314 e. The van der Waals surface area contributed by atoms with Crippen molar-refractivity contribution in [1.82, 2.24) is 0 Å². The van der Waals surface area contributed by atoms with Crippen molar-refractivity contribution < 1.29 is 71.2 Å². The van der Waals surface area contributed by atoms with Crippen molar-refractivity contribution in [3.8, 4) is 28.7 Å². The van der Waals surface area contributed by atoms with Crippen LogP contribution < -0.4 is 23.7 Å². The van der Waals surface area contributed by atoms with Crippen LogP contribution in [0.25, 0.3) is 0 Å². The number of carbonyl (C=O) groups is 5. The van der Waals surface area contributed by atoms with Crippen LogP contribution in [0.1, 0.15) is 484 Å². The number of rotatable bonds is 45. The summed E-state index contributed by atoms with van der Waals surface area (Å²) in [6, 6.07) is 36.2. The molecule has 10 nitrogen and oxygen atoms in total. The Morgan fingerprint density at radius 1 is 0.173 bits per heavy atom. The van der Waals surface area contributed by atoms with Crippen molar-refractivity contribution in [3.05, 3.63) is 121 Å². The summed E-state index contributed by atoms with van der Waals surface area (Å²) < 4.78 is 27.9. The van der Waals surface area contributed by atoms with E-state index < -0.39 is 0 Å². The second kappa shape index (κ2) is 76.8. The topological polar surface area (TPSA) is 132 Å². The van der Waals surface area contributed by atoms with E-state index in [9.17, 15) is 24.0 Å². The molecule has 0 saturated heterocycles. The highest BCUT2D eigenvalue weighted by atomic mass is 32.1. The largest absolute Gasteiger partial charge is 0.426 e. The van der Waals surface area contributed by atoms with E-state index in [0.717, 1.165) is 177 Å². The van der Waals surface area contributed by atoms with Gasteiger partial charge in [-0.25, -0.2) is 0 Å². The highest BCUT2D eigenvalue weighted by molar-refractivity contribution is 7.81. The summed E-state index contributed by atoms with van der Waals surface area (Å²) in [5.41, 5.74) is 0. The Hall–Kier alpha value is -5.80. The number of hydrogen-bond donors (Lipinski definition) is 0. The van der Waals surface area contributed by atoms with Gasteiger partial charge in [-0.05, 0) is 403 Å². The zero-order chi connectivity index (χ0) is 102. The maximum atomic E-state index is 12.5. The smallest absolute Gasteiger partial charge is 0.314 e. The zero-order valence-corrected chi connectivity index (χ0v) is 97.3. The normalized spacial score (nSPS) is 26.6. The summed E-state index contributed by atoms with van der Waals surface area (Å²) in [7, 11) is 0. The fraction of sp³-hybridized carbons (Fsp3) is 0.731. The highest BCUT2D eigenvalue weighted by Gasteiger charge is 2.41. The van der Waals surface area contributed by atoms with E-state index in [1.165, 1.54) is 385 Å². The number of benzene rings is 5. The van der Waals surface area contributed by atoms with Crippen molar-refractivity contribution in [2.24, 2.45) is 118 Å². The minimum absolute atomic E-state index is 0. The van der Waals surface area contributed by atoms with Gasteiger partial charge in [0.15, 0.2) is 0 Å². The van der Waals surface area contributed by atoms with Gasteiger partial charge in [0.05, 0.1) is 29.6 Å². The minimum Gasteiger partial charge on any atom is -0.426 e. The molecular weight excluding hydrogens is 1980 g/mol. The van der Waals surface area contributed by atoms with Gasteiger partial charge in [0.25, 0.3) is 0 Å². The molecule has 0 aromatic heterocycles. The Bertz CT molecular complexity index is 3650. The van der Waals surface area contributed by atoms with Crippen molar-refractivity contribution in [2.75, 3.05) is 0 Å². The molecule has 10 saturated carbocycles. The Balaban J connectivity index is 0.000000284. The van der Waals surface area contributed by atoms with Gasteiger partial charge in [0.1, 0.15) is 28.7 Å². The molecule has 0 amide bonds. The maximum absolute atomic E-state index is 12.5. The summed E-state index contributed by atoms with van der Waals surface area (Å²) in [4.78, 5) is 66.4. The molecule has 0 heterocycles. The zero-order valence-electron chi connectivity index (χ0n) is 93.3. The summed E-state index contributed by atoms with van der Waals surface area (Å²) in [6.45, 7) is 11.4. The van der Waals surface area contributed by atoms with Crippen LogP contribution in [-0.2, 0) is 24.0 Å². The van der Waals surface area contributed by atoms with Crippen LogP contribution >= 0.6 is 63.1 Å². The summed E-state index contributed by atoms with van der Waals surface area (Å²) in [5, 5.41) is 0. The first-order valence-corrected chi connectivity index (χ1v) is 62.7. The molecule has 0 bridgehead atoms. The standard InChI is InChI=1S/5C26H39O2S.5FH/c5*1-2-3-4-5-6-7-20-8-10-21(11-9-20)22-12-14-23(15-13-22)26(27)28-24-16-18-25(29)19-17-24;;;;;/h5*16-23H,2-15H2,1H3;5*1H/t5*20-,21-,22?,23?;;;;;. The molecule has 10 aliphatic rings. The van der Waals surface area contributed by atoms with Gasteiger partial charge in [0.2, 0.25) is 0 Å². The Labute approximate surface area is 934 Å². The van der Waals surface area contributed by atoms with E-state index in [-0.39, 0.29) is 83.0 Å². The molecule has 10 fully saturated rings. The lowest BCUT2D eigenvalue weighted by Gasteiger charge is -2.37. The van der Waals surface area contributed by atoms with Crippen molar-refractivity contribution >= 4 is 93.0 Å². The lowest BCUT2D eigenvalue weighted by Crippen LogP contribution is -2.30. The number of esters is 5. The summed E-state index contributed by atoms with van der Waals surface area (Å²) in [6.07, 6.45) is 93.3. The fourth-order valence-electron chi connectivity index (χ4n) is 27.6.